The molecule has 1 saturated heterocycles. The van der Waals surface area contributed by atoms with Crippen molar-refractivity contribution in [2.75, 3.05) is 31.1 Å². The summed E-state index contributed by atoms with van der Waals surface area (Å²) >= 11 is 0. The lowest BCUT2D eigenvalue weighted by Gasteiger charge is -2.24. The third-order valence-electron chi connectivity index (χ3n) is 6.52. The fourth-order valence-electron chi connectivity index (χ4n) is 4.51. The Morgan fingerprint density at radius 2 is 1.75 bits per heavy atom. The third kappa shape index (κ3) is 3.85. The van der Waals surface area contributed by atoms with Crippen molar-refractivity contribution in [2.45, 2.75) is 52.9 Å². The Hall–Kier alpha value is -2.96. The number of carbonyl (C=O) groups is 1. The fraction of sp³-hybridized carbons (Fsp3) is 0.520. The van der Waals surface area contributed by atoms with Gasteiger partial charge < -0.3 is 9.80 Å². The quantitative estimate of drug-likeness (QED) is 0.623. The smallest absolute Gasteiger partial charge is 0.225 e. The number of benzene rings is 1. The average Bonchev–Trinajstić information content (AvgIpc) is 3.60. The molecule has 0 spiro atoms. The number of amides is 1. The van der Waals surface area contributed by atoms with E-state index < -0.39 is 0 Å². The lowest BCUT2D eigenvalue weighted by atomic mass is 10.2. The van der Waals surface area contributed by atoms with Crippen LogP contribution in [0.4, 0.5) is 5.82 Å². The van der Waals surface area contributed by atoms with Crippen LogP contribution in [0, 0.1) is 19.8 Å². The average molecular weight is 433 g/mol. The molecule has 0 bridgehead atoms. The van der Waals surface area contributed by atoms with Crippen molar-refractivity contribution in [3.63, 3.8) is 0 Å². The van der Waals surface area contributed by atoms with Gasteiger partial charge in [-0.2, -0.15) is 5.10 Å². The molecule has 1 aliphatic heterocycles. The van der Waals surface area contributed by atoms with E-state index in [1.807, 2.05) is 30.4 Å². The molecule has 1 aliphatic carbocycles. The summed E-state index contributed by atoms with van der Waals surface area (Å²) in [4.78, 5) is 27.0. The number of anilines is 1. The van der Waals surface area contributed by atoms with Gasteiger partial charge in [0.1, 0.15) is 11.6 Å². The Bertz CT molecular complexity index is 1150. The number of aryl methyl sites for hydroxylation is 2. The van der Waals surface area contributed by atoms with Gasteiger partial charge in [-0.15, -0.1) is 0 Å². The normalized spacial score (nSPS) is 17.3. The molecule has 1 amide bonds. The molecule has 1 aromatic carbocycles. The maximum atomic E-state index is 12.6. The van der Waals surface area contributed by atoms with Crippen LogP contribution < -0.4 is 4.90 Å². The maximum Gasteiger partial charge on any atom is 0.225 e. The van der Waals surface area contributed by atoms with Crippen LogP contribution in [0.3, 0.4) is 0 Å². The molecular formula is C25H32N6O. The van der Waals surface area contributed by atoms with Crippen LogP contribution in [0.2, 0.25) is 0 Å². The molecule has 2 aromatic heterocycles. The zero-order chi connectivity index (χ0) is 22.4. The Labute approximate surface area is 189 Å². The Kier molecular flexibility index (Phi) is 5.35. The lowest BCUT2D eigenvalue weighted by Crippen LogP contribution is -2.37. The Balaban J connectivity index is 1.57. The van der Waals surface area contributed by atoms with Crippen molar-refractivity contribution in [2.24, 2.45) is 5.92 Å². The highest BCUT2D eigenvalue weighted by molar-refractivity contribution is 5.91. The highest BCUT2D eigenvalue weighted by Gasteiger charge is 2.31. The van der Waals surface area contributed by atoms with Crippen molar-refractivity contribution in [1.82, 2.24) is 24.6 Å². The van der Waals surface area contributed by atoms with Gasteiger partial charge in [0.15, 0.2) is 5.65 Å². The van der Waals surface area contributed by atoms with Gasteiger partial charge in [0.2, 0.25) is 5.91 Å². The first-order valence-corrected chi connectivity index (χ1v) is 11.8. The number of hydrogen-bond acceptors (Lipinski definition) is 5. The van der Waals surface area contributed by atoms with Crippen LogP contribution >= 0.6 is 0 Å². The first kappa shape index (κ1) is 20.9. The second-order valence-electron chi connectivity index (χ2n) is 9.53. The van der Waals surface area contributed by atoms with Crippen LogP contribution in [-0.2, 0) is 4.79 Å². The molecule has 5 rings (SSSR count). The van der Waals surface area contributed by atoms with Gasteiger partial charge in [-0.3, -0.25) is 4.79 Å². The molecule has 1 saturated carbocycles. The summed E-state index contributed by atoms with van der Waals surface area (Å²) in [6.45, 7) is 11.3. The molecule has 0 atom stereocenters. The highest BCUT2D eigenvalue weighted by Crippen LogP contribution is 2.40. The van der Waals surface area contributed by atoms with E-state index >= 15 is 0 Å². The van der Waals surface area contributed by atoms with Gasteiger partial charge >= 0.3 is 0 Å². The van der Waals surface area contributed by atoms with Crippen LogP contribution in [0.5, 0.6) is 0 Å². The summed E-state index contributed by atoms with van der Waals surface area (Å²) in [6, 6.07) is 8.41. The summed E-state index contributed by atoms with van der Waals surface area (Å²) in [5.41, 5.74) is 4.07. The first-order valence-electron chi connectivity index (χ1n) is 11.8. The van der Waals surface area contributed by atoms with E-state index in [-0.39, 0.29) is 11.8 Å². The van der Waals surface area contributed by atoms with E-state index in [0.29, 0.717) is 5.92 Å². The van der Waals surface area contributed by atoms with Gasteiger partial charge in [0.25, 0.3) is 0 Å². The van der Waals surface area contributed by atoms with E-state index in [9.17, 15) is 4.79 Å². The van der Waals surface area contributed by atoms with Gasteiger partial charge in [-0.05, 0) is 45.2 Å². The molecule has 0 N–H and O–H groups in total. The lowest BCUT2D eigenvalue weighted by molar-refractivity contribution is -0.134. The van der Waals surface area contributed by atoms with E-state index in [1.165, 1.54) is 5.56 Å². The Morgan fingerprint density at radius 1 is 1.00 bits per heavy atom. The van der Waals surface area contributed by atoms with Crippen LogP contribution in [0.1, 0.15) is 56.1 Å². The van der Waals surface area contributed by atoms with Gasteiger partial charge in [0.05, 0.1) is 16.8 Å². The number of aromatic nitrogens is 4. The molecule has 3 aromatic rings. The predicted molar refractivity (Wildman–Crippen MR) is 126 cm³/mol. The molecule has 3 heterocycles. The van der Waals surface area contributed by atoms with Crippen LogP contribution in [0.15, 0.2) is 24.3 Å². The summed E-state index contributed by atoms with van der Waals surface area (Å²) < 4.78 is 1.97. The standard InChI is InChI=1S/C25H32N6O/c1-16(2)25(32)30-13-5-12-29(14-15-30)23-21-18(4)28-31(20-10-6-17(3)7-11-20)24(21)27-22(26-23)19-8-9-19/h6-7,10-11,16,19H,5,8-9,12-15H2,1-4H3. The van der Waals surface area contributed by atoms with E-state index in [4.69, 9.17) is 15.1 Å². The van der Waals surface area contributed by atoms with Crippen molar-refractivity contribution in [3.05, 3.63) is 41.3 Å². The number of hydrogen-bond donors (Lipinski definition) is 0. The van der Waals surface area contributed by atoms with E-state index in [0.717, 1.165) is 79.5 Å². The molecule has 7 heteroatoms. The summed E-state index contributed by atoms with van der Waals surface area (Å²) in [6.07, 6.45) is 3.24. The minimum Gasteiger partial charge on any atom is -0.354 e. The second-order valence-corrected chi connectivity index (χ2v) is 9.53. The minimum atomic E-state index is 0.0313. The summed E-state index contributed by atoms with van der Waals surface area (Å²) in [5.74, 6) is 2.63. The van der Waals surface area contributed by atoms with Gasteiger partial charge in [0, 0.05) is 38.0 Å². The van der Waals surface area contributed by atoms with Gasteiger partial charge in [-0.1, -0.05) is 31.5 Å². The molecule has 32 heavy (non-hydrogen) atoms. The second kappa shape index (κ2) is 8.19. The molecule has 7 nitrogen and oxygen atoms in total. The molecule has 0 radical (unpaired) electrons. The predicted octanol–water partition coefficient (Wildman–Crippen LogP) is 4.00. The number of fused-ring (bicyclic) bond motifs is 1. The first-order chi connectivity index (χ1) is 15.4. The minimum absolute atomic E-state index is 0.0313. The van der Waals surface area contributed by atoms with Crippen molar-refractivity contribution in [1.29, 1.82) is 0 Å². The molecule has 2 fully saturated rings. The van der Waals surface area contributed by atoms with Crippen molar-refractivity contribution in [3.8, 4) is 5.69 Å². The summed E-state index contributed by atoms with van der Waals surface area (Å²) in [5, 5.41) is 5.91. The number of rotatable bonds is 4. The topological polar surface area (TPSA) is 67.2 Å². The fourth-order valence-corrected chi connectivity index (χ4v) is 4.51. The van der Waals surface area contributed by atoms with Crippen molar-refractivity contribution >= 4 is 22.8 Å². The van der Waals surface area contributed by atoms with Crippen molar-refractivity contribution < 1.29 is 4.79 Å². The number of carbonyl (C=O) groups excluding carboxylic acids is 1. The molecule has 0 unspecified atom stereocenters. The van der Waals surface area contributed by atoms with E-state index in [1.54, 1.807) is 0 Å². The monoisotopic (exact) mass is 432 g/mol. The van der Waals surface area contributed by atoms with Crippen LogP contribution in [0.25, 0.3) is 16.7 Å². The SMILES string of the molecule is Cc1ccc(-n2nc(C)c3c(N4CCCN(C(=O)C(C)C)CC4)nc(C4CC4)nc32)cc1. The zero-order valence-corrected chi connectivity index (χ0v) is 19.5. The molecule has 168 valence electrons. The number of nitrogens with zero attached hydrogens (tertiary/aromatic N) is 6. The third-order valence-corrected chi connectivity index (χ3v) is 6.52. The molecule has 2 aliphatic rings. The van der Waals surface area contributed by atoms with Gasteiger partial charge in [-0.25, -0.2) is 14.6 Å². The zero-order valence-electron chi connectivity index (χ0n) is 19.5. The largest absolute Gasteiger partial charge is 0.354 e. The van der Waals surface area contributed by atoms with E-state index in [2.05, 4.69) is 36.1 Å². The Morgan fingerprint density at radius 3 is 2.44 bits per heavy atom. The maximum absolute atomic E-state index is 12.6. The highest BCUT2D eigenvalue weighted by atomic mass is 16.2. The van der Waals surface area contributed by atoms with Crippen LogP contribution in [-0.4, -0.2) is 56.7 Å². The summed E-state index contributed by atoms with van der Waals surface area (Å²) in [7, 11) is 0. The molecular weight excluding hydrogens is 400 g/mol.